The average Bonchev–Trinajstić information content (AvgIpc) is 2.78. The summed E-state index contributed by atoms with van der Waals surface area (Å²) in [6.45, 7) is 0.192. The molecule has 0 saturated carbocycles. The lowest BCUT2D eigenvalue weighted by molar-refractivity contribution is -0.384. The monoisotopic (exact) mass is 235 g/mol. The predicted molar refractivity (Wildman–Crippen MR) is 58.3 cm³/mol. The Labute approximate surface area is 96.0 Å². The van der Waals surface area contributed by atoms with Gasteiger partial charge in [-0.25, -0.2) is 0 Å². The number of hydrogen-bond donors (Lipinski definition) is 1. The third-order valence-corrected chi connectivity index (χ3v) is 2.02. The van der Waals surface area contributed by atoms with Gasteiger partial charge in [0.05, 0.1) is 11.2 Å². The molecule has 0 aliphatic carbocycles. The van der Waals surface area contributed by atoms with Crippen LogP contribution in [-0.2, 0) is 6.61 Å². The van der Waals surface area contributed by atoms with Crippen LogP contribution in [0.15, 0.2) is 34.9 Å². The topological polar surface area (TPSA) is 104 Å². The van der Waals surface area contributed by atoms with Gasteiger partial charge in [-0.2, -0.15) is 4.98 Å². The summed E-state index contributed by atoms with van der Waals surface area (Å²) in [7, 11) is 0. The van der Waals surface area contributed by atoms with E-state index >= 15 is 0 Å². The molecular formula is C10H9N3O4. The Morgan fingerprint density at radius 2 is 2.29 bits per heavy atom. The molecule has 0 unspecified atom stereocenters. The maximum Gasteiger partial charge on any atom is 0.311 e. The van der Waals surface area contributed by atoms with Gasteiger partial charge in [0.2, 0.25) is 11.7 Å². The fourth-order valence-electron chi connectivity index (χ4n) is 1.22. The van der Waals surface area contributed by atoms with Crippen molar-refractivity contribution in [2.45, 2.75) is 6.61 Å². The molecular weight excluding hydrogens is 226 g/mol. The van der Waals surface area contributed by atoms with Crippen molar-refractivity contribution in [2.24, 2.45) is 0 Å². The second-order valence-electron chi connectivity index (χ2n) is 3.18. The highest BCUT2D eigenvalue weighted by molar-refractivity contribution is 5.53. The Kier molecular flexibility index (Phi) is 2.91. The number of nitrogen functional groups attached to an aromatic ring is 1. The number of furan rings is 1. The number of ether oxygens (including phenoxy) is 1. The van der Waals surface area contributed by atoms with Crippen molar-refractivity contribution in [2.75, 3.05) is 5.73 Å². The Balaban J connectivity index is 2.07. The van der Waals surface area contributed by atoms with E-state index in [1.165, 1.54) is 18.4 Å². The van der Waals surface area contributed by atoms with Gasteiger partial charge in [-0.05, 0) is 12.1 Å². The Bertz CT molecular complexity index is 524. The van der Waals surface area contributed by atoms with Crippen molar-refractivity contribution >= 4 is 11.5 Å². The fourth-order valence-corrected chi connectivity index (χ4v) is 1.22. The number of nitrogens with two attached hydrogens (primary N) is 1. The first-order valence-electron chi connectivity index (χ1n) is 4.73. The van der Waals surface area contributed by atoms with Gasteiger partial charge in [0.25, 0.3) is 0 Å². The van der Waals surface area contributed by atoms with Crippen LogP contribution in [-0.4, -0.2) is 9.91 Å². The summed E-state index contributed by atoms with van der Waals surface area (Å²) in [6, 6.07) is 6.11. The van der Waals surface area contributed by atoms with Crippen LogP contribution in [0.4, 0.5) is 11.5 Å². The maximum atomic E-state index is 10.5. The van der Waals surface area contributed by atoms with E-state index in [0.29, 0.717) is 5.76 Å². The van der Waals surface area contributed by atoms with Gasteiger partial charge in [0.1, 0.15) is 12.4 Å². The summed E-state index contributed by atoms with van der Waals surface area (Å²) in [4.78, 5) is 13.7. The van der Waals surface area contributed by atoms with Crippen LogP contribution in [0.25, 0.3) is 0 Å². The van der Waals surface area contributed by atoms with Crippen LogP contribution in [0.1, 0.15) is 5.76 Å². The summed E-state index contributed by atoms with van der Waals surface area (Å²) < 4.78 is 10.3. The third kappa shape index (κ3) is 2.51. The minimum absolute atomic E-state index is 0.174. The van der Waals surface area contributed by atoms with Crippen LogP contribution in [0.3, 0.4) is 0 Å². The lowest BCUT2D eigenvalue weighted by Crippen LogP contribution is -2.01. The SMILES string of the molecule is Nc1nc(OCc2ccco2)ccc1[N+](=O)[O-]. The number of pyridine rings is 1. The predicted octanol–water partition coefficient (Wildman–Crippen LogP) is 1.74. The summed E-state index contributed by atoms with van der Waals surface area (Å²) in [5.74, 6) is 0.667. The molecule has 7 heteroatoms. The molecule has 2 rings (SSSR count). The van der Waals surface area contributed by atoms with E-state index < -0.39 is 4.92 Å². The van der Waals surface area contributed by atoms with E-state index in [1.807, 2.05) is 0 Å². The van der Waals surface area contributed by atoms with Crippen LogP contribution in [0, 0.1) is 10.1 Å². The highest BCUT2D eigenvalue weighted by atomic mass is 16.6. The lowest BCUT2D eigenvalue weighted by atomic mass is 10.4. The molecule has 0 aliphatic rings. The van der Waals surface area contributed by atoms with Gasteiger partial charge < -0.3 is 14.9 Å². The molecule has 2 aromatic rings. The molecule has 2 N–H and O–H groups in total. The third-order valence-electron chi connectivity index (χ3n) is 2.02. The van der Waals surface area contributed by atoms with Gasteiger partial charge in [-0.1, -0.05) is 0 Å². The van der Waals surface area contributed by atoms with E-state index in [2.05, 4.69) is 4.98 Å². The summed E-state index contributed by atoms with van der Waals surface area (Å²) in [6.07, 6.45) is 1.52. The number of hydrogen-bond acceptors (Lipinski definition) is 6. The van der Waals surface area contributed by atoms with E-state index in [4.69, 9.17) is 14.9 Å². The smallest absolute Gasteiger partial charge is 0.311 e. The van der Waals surface area contributed by atoms with Crippen LogP contribution < -0.4 is 10.5 Å². The van der Waals surface area contributed by atoms with Gasteiger partial charge in [0, 0.05) is 12.1 Å². The molecule has 0 saturated heterocycles. The van der Waals surface area contributed by atoms with Crippen molar-refractivity contribution in [3.05, 3.63) is 46.4 Å². The number of anilines is 1. The molecule has 0 aromatic carbocycles. The van der Waals surface area contributed by atoms with Gasteiger partial charge in [0.15, 0.2) is 0 Å². The zero-order valence-corrected chi connectivity index (χ0v) is 8.70. The van der Waals surface area contributed by atoms with Crippen molar-refractivity contribution in [1.29, 1.82) is 0 Å². The zero-order valence-electron chi connectivity index (χ0n) is 8.70. The van der Waals surface area contributed by atoms with Gasteiger partial charge >= 0.3 is 5.69 Å². The van der Waals surface area contributed by atoms with E-state index in [9.17, 15) is 10.1 Å². The highest BCUT2D eigenvalue weighted by Gasteiger charge is 2.13. The number of nitrogens with zero attached hydrogens (tertiary/aromatic N) is 2. The van der Waals surface area contributed by atoms with E-state index in [1.54, 1.807) is 12.1 Å². The van der Waals surface area contributed by atoms with Crippen molar-refractivity contribution in [3.63, 3.8) is 0 Å². The molecule has 0 atom stereocenters. The van der Waals surface area contributed by atoms with Crippen LogP contribution >= 0.6 is 0 Å². The zero-order chi connectivity index (χ0) is 12.3. The Hall–Kier alpha value is -2.57. The van der Waals surface area contributed by atoms with Crippen LogP contribution in [0.5, 0.6) is 5.88 Å². The first-order chi connectivity index (χ1) is 8.16. The normalized spacial score (nSPS) is 10.1. The first kappa shape index (κ1) is 10.9. The highest BCUT2D eigenvalue weighted by Crippen LogP contribution is 2.22. The largest absolute Gasteiger partial charge is 0.469 e. The minimum atomic E-state index is -0.599. The Morgan fingerprint density at radius 3 is 2.88 bits per heavy atom. The summed E-state index contributed by atoms with van der Waals surface area (Å²) in [5, 5.41) is 10.5. The molecule has 2 heterocycles. The molecule has 2 aromatic heterocycles. The summed E-state index contributed by atoms with van der Waals surface area (Å²) in [5.41, 5.74) is 5.17. The quantitative estimate of drug-likeness (QED) is 0.639. The summed E-state index contributed by atoms with van der Waals surface area (Å²) >= 11 is 0. The van der Waals surface area contributed by atoms with Crippen LogP contribution in [0.2, 0.25) is 0 Å². The molecule has 0 aliphatic heterocycles. The average molecular weight is 235 g/mol. The van der Waals surface area contributed by atoms with Gasteiger partial charge in [-0.3, -0.25) is 10.1 Å². The second kappa shape index (κ2) is 4.52. The maximum absolute atomic E-state index is 10.5. The molecule has 88 valence electrons. The van der Waals surface area contributed by atoms with Crippen molar-refractivity contribution in [1.82, 2.24) is 4.98 Å². The van der Waals surface area contributed by atoms with E-state index in [0.717, 1.165) is 0 Å². The second-order valence-corrected chi connectivity index (χ2v) is 3.18. The molecule has 0 fully saturated rings. The first-order valence-corrected chi connectivity index (χ1v) is 4.73. The molecule has 0 radical (unpaired) electrons. The molecule has 0 amide bonds. The van der Waals surface area contributed by atoms with E-state index in [-0.39, 0.29) is 24.0 Å². The Morgan fingerprint density at radius 1 is 1.47 bits per heavy atom. The molecule has 7 nitrogen and oxygen atoms in total. The molecule has 0 bridgehead atoms. The lowest BCUT2D eigenvalue weighted by Gasteiger charge is -2.03. The number of rotatable bonds is 4. The number of aromatic nitrogens is 1. The molecule has 17 heavy (non-hydrogen) atoms. The fraction of sp³-hybridized carbons (Fsp3) is 0.100. The molecule has 0 spiro atoms. The van der Waals surface area contributed by atoms with Gasteiger partial charge in [-0.15, -0.1) is 0 Å². The number of nitro groups is 1. The standard InChI is InChI=1S/C10H9N3O4/c11-10-8(13(14)15)3-4-9(12-10)17-6-7-2-1-5-16-7/h1-5H,6H2,(H2,11,12). The van der Waals surface area contributed by atoms with Crippen molar-refractivity contribution < 1.29 is 14.1 Å². The minimum Gasteiger partial charge on any atom is -0.469 e. The van der Waals surface area contributed by atoms with Crippen molar-refractivity contribution in [3.8, 4) is 5.88 Å².